The molecule has 0 atom stereocenters. The molecular weight excluding hydrogens is 332 g/mol. The zero-order valence-electron chi connectivity index (χ0n) is 14.9. The molecule has 2 aromatic carbocycles. The van der Waals surface area contributed by atoms with Crippen LogP contribution in [-0.4, -0.2) is 31.8 Å². The molecule has 0 fully saturated rings. The second kappa shape index (κ2) is 9.98. The third-order valence-electron chi connectivity index (χ3n) is 3.72. The quantitative estimate of drug-likeness (QED) is 0.449. The average molecular weight is 354 g/mol. The fourth-order valence-electron chi connectivity index (χ4n) is 2.16. The second-order valence-corrected chi connectivity index (χ2v) is 5.57. The Morgan fingerprint density at radius 3 is 2.31 bits per heavy atom. The highest BCUT2D eigenvalue weighted by Crippen LogP contribution is 2.05. The average Bonchev–Trinajstić information content (AvgIpc) is 2.70. The lowest BCUT2D eigenvalue weighted by Gasteiger charge is -2.05. The summed E-state index contributed by atoms with van der Waals surface area (Å²) in [5.41, 5.74) is 3.49. The summed E-state index contributed by atoms with van der Waals surface area (Å²) >= 11 is 0. The maximum absolute atomic E-state index is 11.7. The summed E-state index contributed by atoms with van der Waals surface area (Å²) < 4.78 is 4.63. The van der Waals surface area contributed by atoms with Crippen LogP contribution in [0.5, 0.6) is 0 Å². The molecule has 1 amide bonds. The number of carbonyl (C=O) groups is 2. The molecular formula is C20H22N2O4. The molecule has 0 unspecified atom stereocenters. The van der Waals surface area contributed by atoms with Crippen LogP contribution in [0.15, 0.2) is 53.7 Å². The van der Waals surface area contributed by atoms with Crippen LogP contribution in [0, 0.1) is 0 Å². The Morgan fingerprint density at radius 1 is 1.04 bits per heavy atom. The van der Waals surface area contributed by atoms with Gasteiger partial charge in [0.05, 0.1) is 18.9 Å². The maximum atomic E-state index is 11.7. The van der Waals surface area contributed by atoms with Gasteiger partial charge in [0.15, 0.2) is 6.61 Å². The summed E-state index contributed by atoms with van der Waals surface area (Å²) in [6.45, 7) is 2.27. The molecule has 0 saturated heterocycles. The van der Waals surface area contributed by atoms with Gasteiger partial charge in [0.2, 0.25) is 0 Å². The number of benzene rings is 2. The van der Waals surface area contributed by atoms with Crippen LogP contribution in [0.25, 0.3) is 0 Å². The number of methoxy groups -OCH3 is 1. The van der Waals surface area contributed by atoms with Crippen molar-refractivity contribution in [2.45, 2.75) is 19.9 Å². The number of esters is 1. The van der Waals surface area contributed by atoms with Gasteiger partial charge in [0.1, 0.15) is 0 Å². The number of hydrogen-bond donors (Lipinski definition) is 1. The molecule has 2 aromatic rings. The van der Waals surface area contributed by atoms with Crippen LogP contribution < -0.4 is 5.32 Å². The molecule has 1 N–H and O–H groups in total. The standard InChI is InChI=1S/C20H22N2O4/c1-3-15-4-6-17(7-5-15)13-22-26-14-19(23)21-12-16-8-10-18(11-9-16)20(24)25-2/h4-11,13H,3,12,14H2,1-2H3,(H,21,23)/b22-13-. The SMILES string of the molecule is CCc1ccc(/C=N\OCC(=O)NCc2ccc(C(=O)OC)cc2)cc1. The highest BCUT2D eigenvalue weighted by atomic mass is 16.6. The Bertz CT molecular complexity index is 752. The Kier molecular flexibility index (Phi) is 7.36. The Labute approximate surface area is 152 Å². The lowest BCUT2D eigenvalue weighted by atomic mass is 10.1. The number of hydrogen-bond acceptors (Lipinski definition) is 5. The Morgan fingerprint density at radius 2 is 1.69 bits per heavy atom. The third kappa shape index (κ3) is 6.05. The van der Waals surface area contributed by atoms with E-state index in [2.05, 4.69) is 22.1 Å². The first-order valence-corrected chi connectivity index (χ1v) is 8.30. The summed E-state index contributed by atoms with van der Waals surface area (Å²) in [4.78, 5) is 28.1. The fraction of sp³-hybridized carbons (Fsp3) is 0.250. The van der Waals surface area contributed by atoms with Crippen molar-refractivity contribution in [3.8, 4) is 0 Å². The first kappa shape index (κ1) is 19.2. The van der Waals surface area contributed by atoms with E-state index < -0.39 is 5.97 Å². The van der Waals surface area contributed by atoms with E-state index in [9.17, 15) is 9.59 Å². The highest BCUT2D eigenvalue weighted by Gasteiger charge is 2.05. The van der Waals surface area contributed by atoms with E-state index >= 15 is 0 Å². The minimum Gasteiger partial charge on any atom is -0.465 e. The molecule has 0 saturated carbocycles. The van der Waals surface area contributed by atoms with Gasteiger partial charge >= 0.3 is 5.97 Å². The van der Waals surface area contributed by atoms with E-state index in [-0.39, 0.29) is 12.5 Å². The molecule has 0 aromatic heterocycles. The van der Waals surface area contributed by atoms with E-state index in [0.29, 0.717) is 12.1 Å². The number of rotatable bonds is 8. The summed E-state index contributed by atoms with van der Waals surface area (Å²) in [5.74, 6) is -0.670. The first-order valence-electron chi connectivity index (χ1n) is 8.30. The molecule has 0 bridgehead atoms. The van der Waals surface area contributed by atoms with Crippen molar-refractivity contribution in [3.05, 3.63) is 70.8 Å². The number of nitrogens with zero attached hydrogens (tertiary/aromatic N) is 1. The molecule has 0 aliphatic heterocycles. The van der Waals surface area contributed by atoms with Gasteiger partial charge in [-0.3, -0.25) is 4.79 Å². The van der Waals surface area contributed by atoms with Crippen LogP contribution >= 0.6 is 0 Å². The molecule has 6 nitrogen and oxygen atoms in total. The minimum atomic E-state index is -0.392. The zero-order chi connectivity index (χ0) is 18.8. The van der Waals surface area contributed by atoms with Gasteiger partial charge in [-0.2, -0.15) is 0 Å². The molecule has 26 heavy (non-hydrogen) atoms. The lowest BCUT2D eigenvalue weighted by Crippen LogP contribution is -2.26. The van der Waals surface area contributed by atoms with Gasteiger partial charge in [-0.15, -0.1) is 0 Å². The van der Waals surface area contributed by atoms with Gasteiger partial charge in [0, 0.05) is 6.54 Å². The van der Waals surface area contributed by atoms with Crippen LogP contribution in [0.4, 0.5) is 0 Å². The van der Waals surface area contributed by atoms with Gasteiger partial charge in [0.25, 0.3) is 5.91 Å². The van der Waals surface area contributed by atoms with Gasteiger partial charge < -0.3 is 14.9 Å². The van der Waals surface area contributed by atoms with Crippen molar-refractivity contribution in [1.82, 2.24) is 5.32 Å². The first-order chi connectivity index (χ1) is 12.6. The second-order valence-electron chi connectivity index (χ2n) is 5.57. The number of oxime groups is 1. The lowest BCUT2D eigenvalue weighted by molar-refractivity contribution is -0.125. The topological polar surface area (TPSA) is 77.0 Å². The van der Waals surface area contributed by atoms with E-state index in [0.717, 1.165) is 17.5 Å². The largest absolute Gasteiger partial charge is 0.465 e. The minimum absolute atomic E-state index is 0.163. The van der Waals surface area contributed by atoms with Crippen molar-refractivity contribution >= 4 is 18.1 Å². The highest BCUT2D eigenvalue weighted by molar-refractivity contribution is 5.89. The normalized spacial score (nSPS) is 10.5. The predicted molar refractivity (Wildman–Crippen MR) is 99.0 cm³/mol. The van der Waals surface area contributed by atoms with Gasteiger partial charge in [-0.1, -0.05) is 48.5 Å². The summed E-state index contributed by atoms with van der Waals surface area (Å²) in [5, 5.41) is 6.52. The number of nitrogens with one attached hydrogen (secondary N) is 1. The molecule has 136 valence electrons. The van der Waals surface area contributed by atoms with Crippen LogP contribution in [-0.2, 0) is 27.3 Å². The number of ether oxygens (including phenoxy) is 1. The Balaban J connectivity index is 1.71. The number of carbonyl (C=O) groups excluding carboxylic acids is 2. The summed E-state index contributed by atoms with van der Waals surface area (Å²) in [6.07, 6.45) is 2.55. The molecule has 6 heteroatoms. The summed E-state index contributed by atoms with van der Waals surface area (Å²) in [6, 6.07) is 14.8. The van der Waals surface area contributed by atoms with Gasteiger partial charge in [-0.25, -0.2) is 4.79 Å². The van der Waals surface area contributed by atoms with E-state index in [1.165, 1.54) is 12.7 Å². The van der Waals surface area contributed by atoms with E-state index in [1.54, 1.807) is 30.5 Å². The number of aryl methyl sites for hydroxylation is 1. The number of amides is 1. The molecule has 0 aliphatic rings. The van der Waals surface area contributed by atoms with Crippen molar-refractivity contribution in [1.29, 1.82) is 0 Å². The molecule has 0 aliphatic carbocycles. The Hall–Kier alpha value is -3.15. The zero-order valence-corrected chi connectivity index (χ0v) is 14.9. The molecule has 0 heterocycles. The summed E-state index contributed by atoms with van der Waals surface area (Å²) in [7, 11) is 1.33. The van der Waals surface area contributed by atoms with E-state index in [1.807, 2.05) is 24.3 Å². The van der Waals surface area contributed by atoms with E-state index in [4.69, 9.17) is 4.84 Å². The van der Waals surface area contributed by atoms with Crippen molar-refractivity contribution in [2.75, 3.05) is 13.7 Å². The molecule has 0 radical (unpaired) electrons. The van der Waals surface area contributed by atoms with Gasteiger partial charge in [-0.05, 0) is 35.2 Å². The predicted octanol–water partition coefficient (Wildman–Crippen LogP) is 2.70. The van der Waals surface area contributed by atoms with Crippen LogP contribution in [0.1, 0.15) is 34.0 Å². The van der Waals surface area contributed by atoms with Crippen LogP contribution in [0.2, 0.25) is 0 Å². The fourth-order valence-corrected chi connectivity index (χ4v) is 2.16. The third-order valence-corrected chi connectivity index (χ3v) is 3.72. The smallest absolute Gasteiger partial charge is 0.337 e. The molecule has 0 spiro atoms. The van der Waals surface area contributed by atoms with Crippen molar-refractivity contribution < 1.29 is 19.2 Å². The van der Waals surface area contributed by atoms with Crippen molar-refractivity contribution in [2.24, 2.45) is 5.16 Å². The maximum Gasteiger partial charge on any atom is 0.337 e. The van der Waals surface area contributed by atoms with Crippen LogP contribution in [0.3, 0.4) is 0 Å². The van der Waals surface area contributed by atoms with Crippen molar-refractivity contribution in [3.63, 3.8) is 0 Å². The molecule has 2 rings (SSSR count). The monoisotopic (exact) mass is 354 g/mol.